The quantitative estimate of drug-likeness (QED) is 0.687. The minimum atomic E-state index is -1.10. The highest BCUT2D eigenvalue weighted by Gasteiger charge is 2.46. The molecule has 1 saturated carbocycles. The Hall–Kier alpha value is -3.35. The van der Waals surface area contributed by atoms with E-state index in [9.17, 15) is 14.7 Å². The zero-order valence-electron chi connectivity index (χ0n) is 20.3. The van der Waals surface area contributed by atoms with Gasteiger partial charge in [-0.05, 0) is 67.0 Å². The molecule has 2 amide bonds. The van der Waals surface area contributed by atoms with E-state index in [2.05, 4.69) is 4.99 Å². The number of likely N-dealkylation sites (tertiary alicyclic amines) is 1. The minimum absolute atomic E-state index is 0.139. The van der Waals surface area contributed by atoms with Gasteiger partial charge in [0.1, 0.15) is 5.75 Å². The van der Waals surface area contributed by atoms with Crippen molar-refractivity contribution in [3.05, 3.63) is 54.1 Å². The molecule has 7 heteroatoms. The van der Waals surface area contributed by atoms with Crippen LogP contribution in [-0.2, 0) is 15.1 Å². The number of hydrogen-bond acceptors (Lipinski definition) is 5. The van der Waals surface area contributed by atoms with Crippen LogP contribution in [0.25, 0.3) is 11.1 Å². The van der Waals surface area contributed by atoms with E-state index in [4.69, 9.17) is 5.73 Å². The van der Waals surface area contributed by atoms with Crippen molar-refractivity contribution in [3.63, 3.8) is 0 Å². The van der Waals surface area contributed by atoms with E-state index in [0.29, 0.717) is 13.1 Å². The number of carbonyl (C=O) groups excluding carboxylic acids is 2. The topological polar surface area (TPSA) is 99.2 Å². The van der Waals surface area contributed by atoms with Crippen LogP contribution in [0.1, 0.15) is 51.0 Å². The van der Waals surface area contributed by atoms with E-state index in [1.807, 2.05) is 35.2 Å². The van der Waals surface area contributed by atoms with Crippen LogP contribution in [0.2, 0.25) is 0 Å². The molecule has 2 aromatic carbocycles. The normalized spacial score (nSPS) is 25.2. The van der Waals surface area contributed by atoms with Gasteiger partial charge in [0.05, 0.1) is 0 Å². The molecule has 35 heavy (non-hydrogen) atoms. The Kier molecular flexibility index (Phi) is 6.26. The number of nitrogens with two attached hydrogens (primary N) is 1. The molecular formula is C28H34N4O3. The third kappa shape index (κ3) is 4.51. The maximum absolute atomic E-state index is 13.6. The molecule has 3 aliphatic rings. The molecule has 2 atom stereocenters. The van der Waals surface area contributed by atoms with Crippen molar-refractivity contribution in [2.75, 3.05) is 19.6 Å². The van der Waals surface area contributed by atoms with Crippen molar-refractivity contribution in [2.45, 2.75) is 51.0 Å². The summed E-state index contributed by atoms with van der Waals surface area (Å²) in [7, 11) is 0. The molecule has 0 bridgehead atoms. The van der Waals surface area contributed by atoms with Gasteiger partial charge in [0.15, 0.2) is 11.5 Å². The summed E-state index contributed by atoms with van der Waals surface area (Å²) in [5, 5.41) is 9.86. The number of amides is 2. The zero-order chi connectivity index (χ0) is 24.6. The average molecular weight is 475 g/mol. The van der Waals surface area contributed by atoms with Gasteiger partial charge in [0, 0.05) is 25.6 Å². The molecule has 7 nitrogen and oxygen atoms in total. The maximum atomic E-state index is 13.6. The molecule has 0 radical (unpaired) electrons. The van der Waals surface area contributed by atoms with E-state index >= 15 is 0 Å². The van der Waals surface area contributed by atoms with Crippen LogP contribution in [0.15, 0.2) is 53.5 Å². The number of phenolic OH excluding ortho intramolecular Hbond substituents is 1. The van der Waals surface area contributed by atoms with E-state index in [0.717, 1.165) is 55.3 Å². The van der Waals surface area contributed by atoms with Crippen molar-refractivity contribution in [1.82, 2.24) is 9.80 Å². The third-order valence-corrected chi connectivity index (χ3v) is 7.87. The molecule has 2 aromatic rings. The number of carbonyl (C=O) groups is 2. The van der Waals surface area contributed by atoms with Gasteiger partial charge in [-0.2, -0.15) is 0 Å². The highest BCUT2D eigenvalue weighted by molar-refractivity contribution is 6.07. The Labute approximate surface area is 206 Å². The van der Waals surface area contributed by atoms with Crippen LogP contribution in [0, 0.1) is 11.8 Å². The summed E-state index contributed by atoms with van der Waals surface area (Å²) < 4.78 is 0. The standard InChI is InChI=1S/C28H34N4O3/c1-28(23-11-5-9-21(15-23)22-10-6-12-24(33)16-22)26(35)32(27(29)30-28)18-19-13-14-31(17-19)25(34)20-7-3-2-4-8-20/h5-6,9-12,15-16,19-20,33H,2-4,7-8,13-14,17-18H2,1H3,(H2,29,30). The Bertz CT molecular complexity index is 1160. The van der Waals surface area contributed by atoms with Crippen LogP contribution in [0.4, 0.5) is 0 Å². The molecule has 1 saturated heterocycles. The number of rotatable bonds is 5. The van der Waals surface area contributed by atoms with Crippen molar-refractivity contribution in [2.24, 2.45) is 22.6 Å². The van der Waals surface area contributed by atoms with Crippen LogP contribution < -0.4 is 5.73 Å². The van der Waals surface area contributed by atoms with Gasteiger partial charge in [-0.1, -0.05) is 49.6 Å². The summed E-state index contributed by atoms with van der Waals surface area (Å²) in [6.45, 7) is 3.71. The van der Waals surface area contributed by atoms with Crippen LogP contribution in [0.5, 0.6) is 5.75 Å². The lowest BCUT2D eigenvalue weighted by Crippen LogP contribution is -2.45. The van der Waals surface area contributed by atoms with E-state index in [1.54, 1.807) is 30.0 Å². The zero-order valence-corrected chi connectivity index (χ0v) is 20.3. The number of phenols is 1. The fourth-order valence-electron chi connectivity index (χ4n) is 5.80. The molecule has 184 valence electrons. The number of nitrogens with zero attached hydrogens (tertiary/aromatic N) is 3. The molecule has 0 aromatic heterocycles. The smallest absolute Gasteiger partial charge is 0.261 e. The fraction of sp³-hybridized carbons (Fsp3) is 0.464. The lowest BCUT2D eigenvalue weighted by Gasteiger charge is -2.27. The summed E-state index contributed by atoms with van der Waals surface area (Å²) in [4.78, 5) is 34.8. The van der Waals surface area contributed by atoms with Gasteiger partial charge < -0.3 is 15.7 Å². The Morgan fingerprint density at radius 1 is 1.09 bits per heavy atom. The molecule has 2 unspecified atom stereocenters. The first kappa shape index (κ1) is 23.4. The van der Waals surface area contributed by atoms with Crippen molar-refractivity contribution >= 4 is 17.8 Å². The first-order chi connectivity index (χ1) is 16.8. The van der Waals surface area contributed by atoms with Crippen LogP contribution >= 0.6 is 0 Å². The SMILES string of the molecule is CC1(c2cccc(-c3cccc(O)c3)c2)N=C(N)N(CC2CCN(C(=O)C3CCCCC3)C2)C1=O. The van der Waals surface area contributed by atoms with E-state index < -0.39 is 5.54 Å². The lowest BCUT2D eigenvalue weighted by atomic mass is 9.88. The van der Waals surface area contributed by atoms with Gasteiger partial charge in [-0.3, -0.25) is 14.5 Å². The second kappa shape index (κ2) is 9.36. The van der Waals surface area contributed by atoms with Crippen LogP contribution in [-0.4, -0.2) is 52.3 Å². The summed E-state index contributed by atoms with van der Waals surface area (Å²) in [5.41, 5.74) is 7.70. The Balaban J connectivity index is 1.28. The Morgan fingerprint density at radius 3 is 2.54 bits per heavy atom. The first-order valence-electron chi connectivity index (χ1n) is 12.7. The summed E-state index contributed by atoms with van der Waals surface area (Å²) in [5.74, 6) is 0.940. The number of aliphatic imine (C=N–C) groups is 1. The van der Waals surface area contributed by atoms with Crippen molar-refractivity contribution in [1.29, 1.82) is 0 Å². The minimum Gasteiger partial charge on any atom is -0.508 e. The number of hydrogen-bond donors (Lipinski definition) is 2. The fourth-order valence-corrected chi connectivity index (χ4v) is 5.80. The molecule has 1 aliphatic carbocycles. The Morgan fingerprint density at radius 2 is 1.80 bits per heavy atom. The van der Waals surface area contributed by atoms with Gasteiger partial charge in [-0.25, -0.2) is 4.99 Å². The number of aromatic hydroxyl groups is 1. The van der Waals surface area contributed by atoms with Gasteiger partial charge in [-0.15, -0.1) is 0 Å². The monoisotopic (exact) mass is 474 g/mol. The van der Waals surface area contributed by atoms with Gasteiger partial charge in [0.25, 0.3) is 5.91 Å². The third-order valence-electron chi connectivity index (χ3n) is 7.87. The molecule has 2 heterocycles. The van der Waals surface area contributed by atoms with Gasteiger partial charge >= 0.3 is 0 Å². The number of benzene rings is 2. The molecule has 2 fully saturated rings. The summed E-state index contributed by atoms with van der Waals surface area (Å²) in [6, 6.07) is 14.7. The predicted octanol–water partition coefficient (Wildman–Crippen LogP) is 3.86. The highest BCUT2D eigenvalue weighted by atomic mass is 16.3. The average Bonchev–Trinajstić information content (AvgIpc) is 3.43. The second-order valence-corrected chi connectivity index (χ2v) is 10.4. The predicted molar refractivity (Wildman–Crippen MR) is 135 cm³/mol. The largest absolute Gasteiger partial charge is 0.508 e. The van der Waals surface area contributed by atoms with Crippen molar-refractivity contribution in [3.8, 4) is 16.9 Å². The summed E-state index contributed by atoms with van der Waals surface area (Å²) in [6.07, 6.45) is 6.41. The second-order valence-electron chi connectivity index (χ2n) is 10.4. The van der Waals surface area contributed by atoms with Gasteiger partial charge in [0.2, 0.25) is 5.91 Å². The van der Waals surface area contributed by atoms with E-state index in [-0.39, 0.29) is 35.4 Å². The summed E-state index contributed by atoms with van der Waals surface area (Å²) >= 11 is 0. The molecule has 3 N–H and O–H groups in total. The maximum Gasteiger partial charge on any atom is 0.261 e. The molecule has 0 spiro atoms. The van der Waals surface area contributed by atoms with Crippen LogP contribution in [0.3, 0.4) is 0 Å². The highest BCUT2D eigenvalue weighted by Crippen LogP contribution is 2.36. The molecule has 2 aliphatic heterocycles. The van der Waals surface area contributed by atoms with Crippen molar-refractivity contribution < 1.29 is 14.7 Å². The molecule has 5 rings (SSSR count). The van der Waals surface area contributed by atoms with E-state index in [1.165, 1.54) is 6.42 Å². The first-order valence-corrected chi connectivity index (χ1v) is 12.7. The molecular weight excluding hydrogens is 440 g/mol. The lowest BCUT2D eigenvalue weighted by molar-refractivity contribution is -0.135. The number of guanidine groups is 1.